The van der Waals surface area contributed by atoms with E-state index in [2.05, 4.69) is 24.8 Å². The van der Waals surface area contributed by atoms with Crippen molar-refractivity contribution in [1.29, 1.82) is 5.26 Å². The molecule has 1 fully saturated rings. The summed E-state index contributed by atoms with van der Waals surface area (Å²) in [5.41, 5.74) is 1.75. The molecule has 0 aromatic carbocycles. The van der Waals surface area contributed by atoms with Crippen molar-refractivity contribution in [3.63, 3.8) is 0 Å². The van der Waals surface area contributed by atoms with Gasteiger partial charge in [-0.3, -0.25) is 4.57 Å². The molecule has 8 heteroatoms. The number of imidazole rings is 1. The highest BCUT2D eigenvalue weighted by molar-refractivity contribution is 5.69. The Morgan fingerprint density at radius 3 is 2.88 bits per heavy atom. The minimum atomic E-state index is -0.110. The van der Waals surface area contributed by atoms with Crippen molar-refractivity contribution in [1.82, 2.24) is 24.5 Å². The van der Waals surface area contributed by atoms with Gasteiger partial charge in [-0.1, -0.05) is 0 Å². The molecule has 4 rings (SSSR count). The average Bonchev–Trinajstić information content (AvgIpc) is 2.98. The Hall–Kier alpha value is -3.21. The van der Waals surface area contributed by atoms with Crippen LogP contribution in [0.25, 0.3) is 11.2 Å². The number of pyridine rings is 1. The van der Waals surface area contributed by atoms with Gasteiger partial charge in [0.2, 0.25) is 5.95 Å². The number of fused-ring (bicyclic) bond motifs is 1. The van der Waals surface area contributed by atoms with Gasteiger partial charge in [-0.25, -0.2) is 19.7 Å². The topological polar surface area (TPSA) is 103 Å². The molecule has 1 N–H and O–H groups in total. The number of anilines is 1. The molecule has 0 unspecified atom stereocenters. The maximum atomic E-state index is 12.2. The lowest BCUT2D eigenvalue weighted by Gasteiger charge is -2.32. The highest BCUT2D eigenvalue weighted by Crippen LogP contribution is 2.22. The standard InChI is InChI=1S/C17H17N7O/c18-10-13-3-7-20-16(21-13)23-8-4-12(5-9-23)11-24-15-14(22-17(24)25)2-1-6-19-15/h1-3,6-7,12H,4-5,8-9,11H2,(H,22,25). The molecule has 3 aromatic heterocycles. The number of nitrogens with one attached hydrogen (secondary N) is 1. The Morgan fingerprint density at radius 1 is 1.24 bits per heavy atom. The summed E-state index contributed by atoms with van der Waals surface area (Å²) in [5, 5.41) is 8.96. The molecular formula is C17H17N7O. The molecule has 4 heterocycles. The summed E-state index contributed by atoms with van der Waals surface area (Å²) >= 11 is 0. The van der Waals surface area contributed by atoms with Crippen LogP contribution in [0.2, 0.25) is 0 Å². The van der Waals surface area contributed by atoms with Gasteiger partial charge < -0.3 is 9.88 Å². The number of hydrogen-bond donors (Lipinski definition) is 1. The van der Waals surface area contributed by atoms with Gasteiger partial charge in [0, 0.05) is 32.0 Å². The summed E-state index contributed by atoms with van der Waals surface area (Å²) in [7, 11) is 0. The normalized spacial score (nSPS) is 15.4. The predicted molar refractivity (Wildman–Crippen MR) is 92.0 cm³/mol. The van der Waals surface area contributed by atoms with Crippen molar-refractivity contribution in [3.8, 4) is 6.07 Å². The fourth-order valence-electron chi connectivity index (χ4n) is 3.29. The Labute approximate surface area is 143 Å². The van der Waals surface area contributed by atoms with Crippen LogP contribution < -0.4 is 10.6 Å². The zero-order valence-electron chi connectivity index (χ0n) is 13.6. The van der Waals surface area contributed by atoms with Gasteiger partial charge >= 0.3 is 5.69 Å². The van der Waals surface area contributed by atoms with Crippen LogP contribution in [0.3, 0.4) is 0 Å². The summed E-state index contributed by atoms with van der Waals surface area (Å²) in [6.45, 7) is 2.27. The van der Waals surface area contributed by atoms with E-state index < -0.39 is 0 Å². The maximum absolute atomic E-state index is 12.2. The lowest BCUT2D eigenvalue weighted by molar-refractivity contribution is 0.354. The van der Waals surface area contributed by atoms with Gasteiger partial charge in [-0.15, -0.1) is 0 Å². The molecule has 126 valence electrons. The zero-order valence-corrected chi connectivity index (χ0v) is 13.6. The quantitative estimate of drug-likeness (QED) is 0.774. The minimum absolute atomic E-state index is 0.110. The van der Waals surface area contributed by atoms with E-state index in [4.69, 9.17) is 5.26 Å². The minimum Gasteiger partial charge on any atom is -0.341 e. The second-order valence-electron chi connectivity index (χ2n) is 6.20. The smallest absolute Gasteiger partial charge is 0.327 e. The van der Waals surface area contributed by atoms with Crippen LogP contribution in [0.5, 0.6) is 0 Å². The van der Waals surface area contributed by atoms with Crippen molar-refractivity contribution in [3.05, 3.63) is 46.8 Å². The molecule has 3 aromatic rings. The van der Waals surface area contributed by atoms with Gasteiger partial charge in [-0.2, -0.15) is 5.26 Å². The van der Waals surface area contributed by atoms with Crippen LogP contribution >= 0.6 is 0 Å². The van der Waals surface area contributed by atoms with E-state index >= 15 is 0 Å². The summed E-state index contributed by atoms with van der Waals surface area (Å²) in [6, 6.07) is 7.33. The number of nitriles is 1. The first kappa shape index (κ1) is 15.3. The van der Waals surface area contributed by atoms with Crippen molar-refractivity contribution in [2.24, 2.45) is 5.92 Å². The molecule has 0 aliphatic carbocycles. The van der Waals surface area contributed by atoms with Crippen molar-refractivity contribution in [2.75, 3.05) is 18.0 Å². The second kappa shape index (κ2) is 6.36. The lowest BCUT2D eigenvalue weighted by atomic mass is 9.97. The van der Waals surface area contributed by atoms with Crippen LogP contribution in [0.4, 0.5) is 5.95 Å². The van der Waals surface area contributed by atoms with Gasteiger partial charge in [0.05, 0.1) is 5.52 Å². The Balaban J connectivity index is 1.46. The SMILES string of the molecule is N#Cc1ccnc(N2CCC(Cn3c(=O)[nH]c4cccnc43)CC2)n1. The maximum Gasteiger partial charge on any atom is 0.327 e. The molecule has 0 spiro atoms. The molecule has 1 aliphatic rings. The highest BCUT2D eigenvalue weighted by Gasteiger charge is 2.23. The van der Waals surface area contributed by atoms with Gasteiger partial charge in [0.25, 0.3) is 0 Å². The van der Waals surface area contributed by atoms with Crippen molar-refractivity contribution >= 4 is 17.1 Å². The molecule has 0 bridgehead atoms. The van der Waals surface area contributed by atoms with Gasteiger partial charge in [-0.05, 0) is 37.0 Å². The molecule has 1 saturated heterocycles. The monoisotopic (exact) mass is 335 g/mol. The average molecular weight is 335 g/mol. The third-order valence-corrected chi connectivity index (χ3v) is 4.62. The molecule has 0 amide bonds. The van der Waals surface area contributed by atoms with E-state index in [1.165, 1.54) is 0 Å². The van der Waals surface area contributed by atoms with E-state index in [1.807, 2.05) is 18.2 Å². The largest absolute Gasteiger partial charge is 0.341 e. The summed E-state index contributed by atoms with van der Waals surface area (Å²) < 4.78 is 1.72. The molecular weight excluding hydrogens is 318 g/mol. The highest BCUT2D eigenvalue weighted by atomic mass is 16.1. The van der Waals surface area contributed by atoms with Crippen LogP contribution in [0, 0.1) is 17.2 Å². The first-order valence-corrected chi connectivity index (χ1v) is 8.26. The fraction of sp³-hybridized carbons (Fsp3) is 0.353. The first-order valence-electron chi connectivity index (χ1n) is 8.26. The summed E-state index contributed by atoms with van der Waals surface area (Å²) in [4.78, 5) is 29.9. The number of hydrogen-bond acceptors (Lipinski definition) is 6. The van der Waals surface area contributed by atoms with Crippen molar-refractivity contribution < 1.29 is 0 Å². The van der Waals surface area contributed by atoms with E-state index in [-0.39, 0.29) is 5.69 Å². The summed E-state index contributed by atoms with van der Waals surface area (Å²) in [5.74, 6) is 0.998. The Bertz CT molecular complexity index is 992. The first-order chi connectivity index (χ1) is 12.2. The van der Waals surface area contributed by atoms with E-state index in [0.29, 0.717) is 29.8 Å². The Morgan fingerprint density at radius 2 is 2.08 bits per heavy atom. The second-order valence-corrected chi connectivity index (χ2v) is 6.20. The number of aromatic nitrogens is 5. The third kappa shape index (κ3) is 2.96. The van der Waals surface area contributed by atoms with Crippen LogP contribution in [0.1, 0.15) is 18.5 Å². The lowest BCUT2D eigenvalue weighted by Crippen LogP contribution is -2.37. The number of rotatable bonds is 3. The molecule has 1 aliphatic heterocycles. The molecule has 0 radical (unpaired) electrons. The summed E-state index contributed by atoms with van der Waals surface area (Å²) in [6.07, 6.45) is 5.19. The fourth-order valence-corrected chi connectivity index (χ4v) is 3.29. The van der Waals surface area contributed by atoms with Crippen molar-refractivity contribution in [2.45, 2.75) is 19.4 Å². The van der Waals surface area contributed by atoms with Crippen LogP contribution in [-0.4, -0.2) is 37.6 Å². The van der Waals surface area contributed by atoms with Gasteiger partial charge in [0.1, 0.15) is 11.8 Å². The number of nitrogens with zero attached hydrogens (tertiary/aromatic N) is 6. The van der Waals surface area contributed by atoms with E-state index in [9.17, 15) is 4.79 Å². The molecule has 25 heavy (non-hydrogen) atoms. The number of aromatic amines is 1. The van der Waals surface area contributed by atoms with E-state index in [0.717, 1.165) is 31.4 Å². The van der Waals surface area contributed by atoms with Gasteiger partial charge in [0.15, 0.2) is 5.65 Å². The van der Waals surface area contributed by atoms with E-state index in [1.54, 1.807) is 23.0 Å². The van der Waals surface area contributed by atoms with Crippen LogP contribution in [-0.2, 0) is 6.54 Å². The predicted octanol–water partition coefficient (Wildman–Crippen LogP) is 1.30. The number of H-pyrrole nitrogens is 1. The number of piperidine rings is 1. The third-order valence-electron chi connectivity index (χ3n) is 4.62. The Kier molecular flexibility index (Phi) is 3.90. The zero-order chi connectivity index (χ0) is 17.2. The van der Waals surface area contributed by atoms with Crippen LogP contribution in [0.15, 0.2) is 35.4 Å². The molecule has 0 atom stereocenters. The molecule has 0 saturated carbocycles. The molecule has 8 nitrogen and oxygen atoms in total.